The van der Waals surface area contributed by atoms with E-state index in [0.717, 1.165) is 36.9 Å². The number of piperidine rings is 1. The fraction of sp³-hybridized carbons (Fsp3) is 0.526. The molecule has 3 aromatic heterocycles. The van der Waals surface area contributed by atoms with Gasteiger partial charge in [0.15, 0.2) is 5.82 Å². The van der Waals surface area contributed by atoms with Gasteiger partial charge in [0, 0.05) is 63.8 Å². The number of amides is 1. The molecule has 1 fully saturated rings. The van der Waals surface area contributed by atoms with E-state index in [1.807, 2.05) is 40.4 Å². The smallest absolute Gasteiger partial charge is 0.224 e. The monoisotopic (exact) mass is 382 g/mol. The molecule has 1 saturated heterocycles. The molecule has 0 N–H and O–H groups in total. The SMILES string of the molecule is Cc1nccn1CCC(=O)N1CCC[C@@H](c2nnc(Cn3ccnc3)n2C)C1. The van der Waals surface area contributed by atoms with Crippen LogP contribution in [0.2, 0.25) is 0 Å². The highest BCUT2D eigenvalue weighted by Gasteiger charge is 2.28. The quantitative estimate of drug-likeness (QED) is 0.642. The summed E-state index contributed by atoms with van der Waals surface area (Å²) in [6.45, 7) is 4.79. The maximum atomic E-state index is 12.7. The highest BCUT2D eigenvalue weighted by Crippen LogP contribution is 2.26. The number of imidazole rings is 2. The van der Waals surface area contributed by atoms with E-state index in [1.54, 1.807) is 18.7 Å². The summed E-state index contributed by atoms with van der Waals surface area (Å²) < 4.78 is 6.06. The van der Waals surface area contributed by atoms with Crippen molar-refractivity contribution in [3.63, 3.8) is 0 Å². The van der Waals surface area contributed by atoms with Crippen LogP contribution < -0.4 is 0 Å². The number of aromatic nitrogens is 7. The number of carbonyl (C=O) groups excluding carboxylic acids is 1. The van der Waals surface area contributed by atoms with E-state index in [0.29, 0.717) is 26.1 Å². The van der Waals surface area contributed by atoms with Crippen LogP contribution in [0.1, 0.15) is 42.7 Å². The Hall–Kier alpha value is -2.97. The highest BCUT2D eigenvalue weighted by atomic mass is 16.2. The third kappa shape index (κ3) is 3.83. The minimum Gasteiger partial charge on any atom is -0.342 e. The summed E-state index contributed by atoms with van der Waals surface area (Å²) >= 11 is 0. The molecule has 1 amide bonds. The summed E-state index contributed by atoms with van der Waals surface area (Å²) in [5, 5.41) is 8.81. The number of carbonyl (C=O) groups is 1. The van der Waals surface area contributed by atoms with Crippen molar-refractivity contribution >= 4 is 5.91 Å². The Morgan fingerprint density at radius 2 is 2.14 bits per heavy atom. The average molecular weight is 382 g/mol. The van der Waals surface area contributed by atoms with Gasteiger partial charge in [-0.1, -0.05) is 0 Å². The molecule has 0 bridgehead atoms. The van der Waals surface area contributed by atoms with Crippen molar-refractivity contribution in [2.75, 3.05) is 13.1 Å². The minimum absolute atomic E-state index is 0.193. The van der Waals surface area contributed by atoms with Crippen LogP contribution in [0.3, 0.4) is 0 Å². The molecule has 0 aliphatic carbocycles. The van der Waals surface area contributed by atoms with Gasteiger partial charge in [-0.2, -0.15) is 0 Å². The van der Waals surface area contributed by atoms with Crippen LogP contribution in [0.4, 0.5) is 0 Å². The second-order valence-electron chi connectivity index (χ2n) is 7.37. The highest BCUT2D eigenvalue weighted by molar-refractivity contribution is 5.76. The fourth-order valence-corrected chi connectivity index (χ4v) is 3.84. The molecule has 28 heavy (non-hydrogen) atoms. The standard InChI is InChI=1S/C19H26N8O/c1-15-21-7-11-26(15)9-5-18(28)27-8-3-4-16(12-27)19-23-22-17(24(19)2)13-25-10-6-20-14-25/h6-7,10-11,14,16H,3-5,8-9,12-13H2,1-2H3/t16-/m1/s1. The zero-order chi connectivity index (χ0) is 19.5. The lowest BCUT2D eigenvalue weighted by molar-refractivity contribution is -0.132. The Morgan fingerprint density at radius 3 is 2.89 bits per heavy atom. The molecule has 0 spiro atoms. The van der Waals surface area contributed by atoms with Crippen molar-refractivity contribution in [2.24, 2.45) is 7.05 Å². The van der Waals surface area contributed by atoms with Crippen LogP contribution in [0.15, 0.2) is 31.1 Å². The molecule has 0 radical (unpaired) electrons. The number of nitrogens with zero attached hydrogens (tertiary/aromatic N) is 8. The van der Waals surface area contributed by atoms with E-state index in [1.165, 1.54) is 0 Å². The summed E-state index contributed by atoms with van der Waals surface area (Å²) in [6, 6.07) is 0. The van der Waals surface area contributed by atoms with Gasteiger partial charge in [-0.25, -0.2) is 9.97 Å². The van der Waals surface area contributed by atoms with Crippen molar-refractivity contribution in [1.82, 2.24) is 38.8 Å². The molecule has 0 aromatic carbocycles. The summed E-state index contributed by atoms with van der Waals surface area (Å²) in [4.78, 5) is 23.0. The maximum absolute atomic E-state index is 12.7. The van der Waals surface area contributed by atoms with Gasteiger partial charge in [0.1, 0.15) is 11.6 Å². The molecule has 1 aliphatic heterocycles. The van der Waals surface area contributed by atoms with Gasteiger partial charge in [0.25, 0.3) is 0 Å². The van der Waals surface area contributed by atoms with Gasteiger partial charge in [-0.05, 0) is 19.8 Å². The van der Waals surface area contributed by atoms with Crippen LogP contribution >= 0.6 is 0 Å². The first kappa shape index (κ1) is 18.4. The van der Waals surface area contributed by atoms with E-state index in [2.05, 4.69) is 24.7 Å². The predicted molar refractivity (Wildman–Crippen MR) is 102 cm³/mol. The summed E-state index contributed by atoms with van der Waals surface area (Å²) in [7, 11) is 2.00. The molecule has 9 nitrogen and oxygen atoms in total. The third-order valence-corrected chi connectivity index (χ3v) is 5.51. The normalized spacial score (nSPS) is 17.2. The molecule has 148 valence electrons. The van der Waals surface area contributed by atoms with Crippen molar-refractivity contribution < 1.29 is 4.79 Å². The first-order chi connectivity index (χ1) is 13.6. The first-order valence-electron chi connectivity index (χ1n) is 9.71. The van der Waals surface area contributed by atoms with E-state index in [4.69, 9.17) is 0 Å². The van der Waals surface area contributed by atoms with Crippen molar-refractivity contribution in [1.29, 1.82) is 0 Å². The van der Waals surface area contributed by atoms with Gasteiger partial charge in [0.05, 0.1) is 12.9 Å². The average Bonchev–Trinajstić information content (AvgIpc) is 3.44. The van der Waals surface area contributed by atoms with Crippen LogP contribution in [0.5, 0.6) is 0 Å². The molecular formula is C19H26N8O. The second kappa shape index (κ2) is 7.95. The van der Waals surface area contributed by atoms with Crippen molar-refractivity contribution in [2.45, 2.75) is 45.2 Å². The summed E-state index contributed by atoms with van der Waals surface area (Å²) in [6.07, 6.45) is 11.7. The number of rotatable bonds is 6. The summed E-state index contributed by atoms with van der Waals surface area (Å²) in [5.74, 6) is 3.21. The maximum Gasteiger partial charge on any atom is 0.224 e. The molecule has 4 rings (SSSR count). The topological polar surface area (TPSA) is 86.7 Å². The summed E-state index contributed by atoms with van der Waals surface area (Å²) in [5.41, 5.74) is 0. The Kier molecular flexibility index (Phi) is 5.23. The second-order valence-corrected chi connectivity index (χ2v) is 7.37. The lowest BCUT2D eigenvalue weighted by Crippen LogP contribution is -2.40. The lowest BCUT2D eigenvalue weighted by atomic mass is 9.97. The molecule has 0 saturated carbocycles. The molecule has 1 aliphatic rings. The molecule has 4 heterocycles. The van der Waals surface area contributed by atoms with Gasteiger partial charge >= 0.3 is 0 Å². The number of likely N-dealkylation sites (tertiary alicyclic amines) is 1. The number of aryl methyl sites for hydroxylation is 2. The predicted octanol–water partition coefficient (Wildman–Crippen LogP) is 1.36. The Morgan fingerprint density at radius 1 is 1.25 bits per heavy atom. The van der Waals surface area contributed by atoms with E-state index in [-0.39, 0.29) is 11.8 Å². The van der Waals surface area contributed by atoms with Crippen molar-refractivity contribution in [3.05, 3.63) is 48.6 Å². The van der Waals surface area contributed by atoms with Gasteiger partial charge in [-0.3, -0.25) is 4.79 Å². The number of hydrogen-bond acceptors (Lipinski definition) is 5. The van der Waals surface area contributed by atoms with Crippen LogP contribution in [-0.2, 0) is 24.9 Å². The van der Waals surface area contributed by atoms with Crippen LogP contribution in [-0.4, -0.2) is 57.8 Å². The first-order valence-corrected chi connectivity index (χ1v) is 9.71. The Balaban J connectivity index is 1.39. The molecule has 3 aromatic rings. The third-order valence-electron chi connectivity index (χ3n) is 5.51. The molecular weight excluding hydrogens is 356 g/mol. The number of hydrogen-bond donors (Lipinski definition) is 0. The molecule has 0 unspecified atom stereocenters. The molecule has 9 heteroatoms. The minimum atomic E-state index is 0.193. The van der Waals surface area contributed by atoms with Crippen LogP contribution in [0, 0.1) is 6.92 Å². The molecule has 1 atom stereocenters. The largest absolute Gasteiger partial charge is 0.342 e. The fourth-order valence-electron chi connectivity index (χ4n) is 3.84. The van der Waals surface area contributed by atoms with Crippen LogP contribution in [0.25, 0.3) is 0 Å². The van der Waals surface area contributed by atoms with Gasteiger partial charge in [-0.15, -0.1) is 10.2 Å². The van der Waals surface area contributed by atoms with E-state index >= 15 is 0 Å². The Bertz CT molecular complexity index is 926. The van der Waals surface area contributed by atoms with Crippen molar-refractivity contribution in [3.8, 4) is 0 Å². The van der Waals surface area contributed by atoms with Gasteiger partial charge in [0.2, 0.25) is 5.91 Å². The zero-order valence-electron chi connectivity index (χ0n) is 16.4. The van der Waals surface area contributed by atoms with E-state index < -0.39 is 0 Å². The van der Waals surface area contributed by atoms with Gasteiger partial charge < -0.3 is 18.6 Å². The Labute approximate surface area is 164 Å². The zero-order valence-corrected chi connectivity index (χ0v) is 16.4. The van der Waals surface area contributed by atoms with E-state index in [9.17, 15) is 4.79 Å². The lowest BCUT2D eigenvalue weighted by Gasteiger charge is -2.32.